The van der Waals surface area contributed by atoms with Gasteiger partial charge in [-0.3, -0.25) is 4.57 Å². The fourth-order valence-corrected chi connectivity index (χ4v) is 7.03. The van der Waals surface area contributed by atoms with E-state index in [-0.39, 0.29) is 18.1 Å². The zero-order valence-corrected chi connectivity index (χ0v) is 22.1. The molecular weight excluding hydrogens is 529 g/mol. The standard InChI is InChI=1S/C19H34Br2NO6P/c1-16(2)24-11-18(12-25-16)7-6-8-19(13-26-17(3,4)28-15(18)19)14-27-29(21,23)22(5)10-9-20/h15H,6-14H2,1-5H3. The van der Waals surface area contributed by atoms with Crippen molar-refractivity contribution in [3.05, 3.63) is 0 Å². The molecule has 3 rings (SSSR count). The van der Waals surface area contributed by atoms with Crippen LogP contribution in [0.5, 0.6) is 0 Å². The molecular formula is C19H34Br2NO6P. The summed E-state index contributed by atoms with van der Waals surface area (Å²) in [7, 11) is 1.79. The Morgan fingerprint density at radius 2 is 1.69 bits per heavy atom. The first-order valence-corrected chi connectivity index (χ1v) is 14.9. The van der Waals surface area contributed by atoms with E-state index in [1.807, 2.05) is 27.7 Å². The van der Waals surface area contributed by atoms with E-state index in [2.05, 4.69) is 31.4 Å². The van der Waals surface area contributed by atoms with Crippen LogP contribution in [-0.2, 0) is 28.0 Å². The van der Waals surface area contributed by atoms with Gasteiger partial charge in [0.2, 0.25) is 0 Å². The number of halogens is 2. The molecule has 0 radical (unpaired) electrons. The largest absolute Gasteiger partial charge is 0.350 e. The highest BCUT2D eigenvalue weighted by Gasteiger charge is 2.61. The number of nitrogens with zero attached hydrogens (tertiary/aromatic N) is 1. The molecule has 1 aliphatic carbocycles. The molecule has 0 aromatic carbocycles. The number of fused-ring (bicyclic) bond motifs is 2. The fourth-order valence-electron chi connectivity index (χ4n) is 4.49. The van der Waals surface area contributed by atoms with Gasteiger partial charge in [0.1, 0.15) is 0 Å². The van der Waals surface area contributed by atoms with Crippen LogP contribution in [0, 0.1) is 10.8 Å². The van der Waals surface area contributed by atoms with E-state index in [4.69, 9.17) is 23.5 Å². The summed E-state index contributed by atoms with van der Waals surface area (Å²) in [5.41, 5.74) is -0.670. The summed E-state index contributed by atoms with van der Waals surface area (Å²) >= 11 is 6.71. The highest BCUT2D eigenvalue weighted by molar-refractivity contribution is 9.39. The molecule has 7 nitrogen and oxygen atoms in total. The Kier molecular flexibility index (Phi) is 7.39. The normalized spacial score (nSPS) is 35.2. The van der Waals surface area contributed by atoms with Crippen LogP contribution < -0.4 is 0 Å². The Hall–Kier alpha value is 0.950. The van der Waals surface area contributed by atoms with Crippen LogP contribution in [0.1, 0.15) is 47.0 Å². The second kappa shape index (κ2) is 8.71. The van der Waals surface area contributed by atoms with E-state index < -0.39 is 23.2 Å². The lowest BCUT2D eigenvalue weighted by molar-refractivity contribution is -0.385. The molecule has 0 aromatic heterocycles. The first-order valence-electron chi connectivity index (χ1n) is 10.2. The predicted molar refractivity (Wildman–Crippen MR) is 119 cm³/mol. The van der Waals surface area contributed by atoms with Gasteiger partial charge in [-0.25, -0.2) is 4.67 Å². The average Bonchev–Trinajstić information content (AvgIpc) is 2.64. The highest BCUT2D eigenvalue weighted by Crippen LogP contribution is 2.61. The van der Waals surface area contributed by atoms with Gasteiger partial charge in [-0.1, -0.05) is 22.4 Å². The maximum absolute atomic E-state index is 13.1. The monoisotopic (exact) mass is 561 g/mol. The number of ether oxygens (including phenoxy) is 4. The number of hydrogen-bond acceptors (Lipinski definition) is 6. The molecule has 29 heavy (non-hydrogen) atoms. The third-order valence-electron chi connectivity index (χ3n) is 6.31. The summed E-state index contributed by atoms with van der Waals surface area (Å²) in [4.78, 5) is 0. The molecule has 3 atom stereocenters. The lowest BCUT2D eigenvalue weighted by Crippen LogP contribution is -2.67. The number of rotatable bonds is 6. The van der Waals surface area contributed by atoms with E-state index in [1.54, 1.807) is 11.7 Å². The van der Waals surface area contributed by atoms with Crippen LogP contribution in [0.15, 0.2) is 0 Å². The molecule has 10 heteroatoms. The van der Waals surface area contributed by atoms with Gasteiger partial charge in [-0.2, -0.15) is 0 Å². The average molecular weight is 563 g/mol. The van der Waals surface area contributed by atoms with Crippen LogP contribution in [0.4, 0.5) is 0 Å². The quantitative estimate of drug-likeness (QED) is 0.336. The van der Waals surface area contributed by atoms with Crippen molar-refractivity contribution in [3.8, 4) is 0 Å². The maximum Gasteiger partial charge on any atom is 0.336 e. The Morgan fingerprint density at radius 1 is 1.07 bits per heavy atom. The molecule has 3 aliphatic rings. The molecule has 0 aromatic rings. The second-order valence-corrected chi connectivity index (χ2v) is 14.9. The molecule has 170 valence electrons. The topological polar surface area (TPSA) is 66.5 Å². The van der Waals surface area contributed by atoms with Gasteiger partial charge in [-0.15, -0.1) is 0 Å². The molecule has 0 N–H and O–H groups in total. The number of alkyl halides is 1. The zero-order chi connectivity index (χ0) is 21.6. The first-order chi connectivity index (χ1) is 13.4. The minimum absolute atomic E-state index is 0.169. The van der Waals surface area contributed by atoms with Gasteiger partial charge in [0, 0.05) is 38.2 Å². The second-order valence-electron chi connectivity index (χ2n) is 9.54. The summed E-state index contributed by atoms with van der Waals surface area (Å²) in [5, 5.41) is 0.713. The summed E-state index contributed by atoms with van der Waals surface area (Å²) in [5.74, 6) is -1.29. The summed E-state index contributed by atoms with van der Waals surface area (Å²) < 4.78 is 45.5. The van der Waals surface area contributed by atoms with Crippen molar-refractivity contribution in [2.45, 2.75) is 64.6 Å². The van der Waals surface area contributed by atoms with E-state index in [9.17, 15) is 4.57 Å². The van der Waals surface area contributed by atoms with Gasteiger partial charge < -0.3 is 23.5 Å². The van der Waals surface area contributed by atoms with Crippen molar-refractivity contribution >= 4 is 37.6 Å². The van der Waals surface area contributed by atoms with E-state index in [0.29, 0.717) is 31.7 Å². The van der Waals surface area contributed by atoms with Crippen LogP contribution in [0.25, 0.3) is 0 Å². The van der Waals surface area contributed by atoms with Gasteiger partial charge in [0.25, 0.3) is 0 Å². The SMILES string of the molecule is CN(CCBr)P(=O)(Br)OCC12CCCC3(COC(C)(C)OC3)C1OC(C)(C)OC2. The van der Waals surface area contributed by atoms with Gasteiger partial charge >= 0.3 is 6.22 Å². The lowest BCUT2D eigenvalue weighted by Gasteiger charge is -2.60. The van der Waals surface area contributed by atoms with Crippen LogP contribution in [0.3, 0.4) is 0 Å². The summed E-state index contributed by atoms with van der Waals surface area (Å²) in [6.07, 6.45) is -0.434. The Labute approximate surface area is 190 Å². The van der Waals surface area contributed by atoms with Crippen LogP contribution in [-0.4, -0.2) is 67.7 Å². The molecule has 0 amide bonds. The molecule has 3 unspecified atom stereocenters. The molecule has 3 fully saturated rings. The van der Waals surface area contributed by atoms with Gasteiger partial charge in [0.05, 0.1) is 32.5 Å². The van der Waals surface area contributed by atoms with Crippen molar-refractivity contribution < 1.29 is 28.0 Å². The molecule has 2 saturated heterocycles. The van der Waals surface area contributed by atoms with Crippen molar-refractivity contribution in [1.82, 2.24) is 4.67 Å². The van der Waals surface area contributed by atoms with Crippen molar-refractivity contribution in [3.63, 3.8) is 0 Å². The molecule has 0 bridgehead atoms. The van der Waals surface area contributed by atoms with Crippen molar-refractivity contribution in [1.29, 1.82) is 0 Å². The van der Waals surface area contributed by atoms with Crippen LogP contribution in [0.2, 0.25) is 0 Å². The van der Waals surface area contributed by atoms with E-state index in [0.717, 1.165) is 19.3 Å². The maximum atomic E-state index is 13.1. The molecule has 2 heterocycles. The Bertz CT molecular complexity index is 638. The third kappa shape index (κ3) is 5.31. The minimum Gasteiger partial charge on any atom is -0.350 e. The highest BCUT2D eigenvalue weighted by atomic mass is 79.9. The van der Waals surface area contributed by atoms with Gasteiger partial charge in [0.15, 0.2) is 11.6 Å². The smallest absolute Gasteiger partial charge is 0.336 e. The molecule has 2 aliphatic heterocycles. The summed E-state index contributed by atoms with van der Waals surface area (Å²) in [6, 6.07) is 0. The first kappa shape index (κ1) is 24.6. The minimum atomic E-state index is -3.10. The summed E-state index contributed by atoms with van der Waals surface area (Å²) in [6.45, 7) is 10.3. The molecule has 1 spiro atoms. The van der Waals surface area contributed by atoms with Crippen molar-refractivity contribution in [2.24, 2.45) is 10.8 Å². The predicted octanol–water partition coefficient (Wildman–Crippen LogP) is 4.92. The van der Waals surface area contributed by atoms with Gasteiger partial charge in [-0.05, 0) is 47.6 Å². The third-order valence-corrected chi connectivity index (χ3v) is 10.4. The van der Waals surface area contributed by atoms with E-state index >= 15 is 0 Å². The number of hydrogen-bond donors (Lipinski definition) is 0. The fraction of sp³-hybridized carbons (Fsp3) is 1.00. The Morgan fingerprint density at radius 3 is 2.31 bits per heavy atom. The lowest BCUT2D eigenvalue weighted by atomic mass is 9.59. The zero-order valence-electron chi connectivity index (χ0n) is 18.0. The molecule has 1 saturated carbocycles. The van der Waals surface area contributed by atoms with Crippen molar-refractivity contribution in [2.75, 3.05) is 45.4 Å². The van der Waals surface area contributed by atoms with E-state index in [1.165, 1.54) is 0 Å². The van der Waals surface area contributed by atoms with Crippen LogP contribution >= 0.6 is 37.6 Å². The Balaban J connectivity index is 1.84.